The molecule has 2 fully saturated rings. The molecule has 3 nitrogen and oxygen atoms in total. The Morgan fingerprint density at radius 2 is 2.00 bits per heavy atom. The first kappa shape index (κ1) is 13.2. The van der Waals surface area contributed by atoms with E-state index in [9.17, 15) is 5.11 Å². The number of anilines is 1. The highest BCUT2D eigenvalue weighted by Crippen LogP contribution is 2.45. The van der Waals surface area contributed by atoms with Crippen molar-refractivity contribution in [2.75, 3.05) is 5.32 Å². The Morgan fingerprint density at radius 3 is 2.95 bits per heavy atom. The summed E-state index contributed by atoms with van der Waals surface area (Å²) in [5.74, 6) is 0.489. The zero-order valence-electron chi connectivity index (χ0n) is 12.4. The van der Waals surface area contributed by atoms with Crippen LogP contribution in [0.4, 0.5) is 5.69 Å². The van der Waals surface area contributed by atoms with Gasteiger partial charge in [0.05, 0.1) is 11.6 Å². The summed E-state index contributed by atoms with van der Waals surface area (Å²) in [6.07, 6.45) is 10.1. The number of fused-ring (bicyclic) bond motifs is 2. The molecule has 0 spiro atoms. The molecule has 3 heteroatoms. The molecule has 0 radical (unpaired) electrons. The maximum atomic E-state index is 11.3. The normalized spacial score (nSPS) is 32.8. The van der Waals surface area contributed by atoms with Gasteiger partial charge in [0.25, 0.3) is 0 Å². The van der Waals surface area contributed by atoms with Gasteiger partial charge in [-0.1, -0.05) is 25.3 Å². The Labute approximate surface area is 125 Å². The number of H-pyrrole nitrogens is 1. The molecule has 3 N–H and O–H groups in total. The van der Waals surface area contributed by atoms with E-state index in [2.05, 4.69) is 34.6 Å². The van der Waals surface area contributed by atoms with Gasteiger partial charge >= 0.3 is 0 Å². The molecular weight excluding hydrogens is 260 g/mol. The minimum Gasteiger partial charge on any atom is -0.387 e. The van der Waals surface area contributed by atoms with E-state index in [1.165, 1.54) is 37.5 Å². The summed E-state index contributed by atoms with van der Waals surface area (Å²) < 4.78 is 0. The lowest BCUT2D eigenvalue weighted by atomic mass is 9.65. The van der Waals surface area contributed by atoms with Crippen LogP contribution in [0.1, 0.15) is 44.9 Å². The molecule has 1 aromatic carbocycles. The summed E-state index contributed by atoms with van der Waals surface area (Å²) in [4.78, 5) is 3.26. The van der Waals surface area contributed by atoms with Gasteiger partial charge in [0.1, 0.15) is 0 Å². The zero-order chi connectivity index (χ0) is 14.3. The third-order valence-electron chi connectivity index (χ3n) is 5.66. The van der Waals surface area contributed by atoms with Crippen molar-refractivity contribution >= 4 is 16.6 Å². The Morgan fingerprint density at radius 1 is 1.10 bits per heavy atom. The molecule has 0 bridgehead atoms. The minimum absolute atomic E-state index is 0.192. The molecule has 3 atom stereocenters. The van der Waals surface area contributed by atoms with E-state index in [1.54, 1.807) is 0 Å². The van der Waals surface area contributed by atoms with Crippen LogP contribution in [0.3, 0.4) is 0 Å². The molecule has 2 aliphatic rings. The van der Waals surface area contributed by atoms with Gasteiger partial charge in [-0.05, 0) is 49.8 Å². The number of hydrogen-bond acceptors (Lipinski definition) is 2. The molecule has 112 valence electrons. The second kappa shape index (κ2) is 5.06. The average molecular weight is 284 g/mol. The van der Waals surface area contributed by atoms with Crippen molar-refractivity contribution in [3.8, 4) is 0 Å². The average Bonchev–Trinajstić information content (AvgIpc) is 2.97. The molecule has 2 aromatic rings. The lowest BCUT2D eigenvalue weighted by Gasteiger charge is -2.49. The van der Waals surface area contributed by atoms with Gasteiger partial charge in [0.2, 0.25) is 0 Å². The van der Waals surface area contributed by atoms with E-state index in [0.29, 0.717) is 5.92 Å². The molecule has 0 aliphatic heterocycles. The van der Waals surface area contributed by atoms with Crippen LogP contribution < -0.4 is 5.32 Å². The van der Waals surface area contributed by atoms with Crippen molar-refractivity contribution in [2.24, 2.45) is 5.92 Å². The van der Waals surface area contributed by atoms with Crippen LogP contribution in [0.2, 0.25) is 0 Å². The number of aromatic nitrogens is 1. The molecule has 1 heterocycles. The van der Waals surface area contributed by atoms with Gasteiger partial charge in [-0.15, -0.1) is 0 Å². The Bertz CT molecular complexity index is 633. The fraction of sp³-hybridized carbons (Fsp3) is 0.556. The van der Waals surface area contributed by atoms with Crippen molar-refractivity contribution < 1.29 is 5.11 Å². The second-order valence-electron chi connectivity index (χ2n) is 6.81. The first-order chi connectivity index (χ1) is 10.3. The first-order valence-electron chi connectivity index (χ1n) is 8.32. The largest absolute Gasteiger partial charge is 0.387 e. The third-order valence-corrected chi connectivity index (χ3v) is 5.66. The van der Waals surface area contributed by atoms with Gasteiger partial charge in [-0.2, -0.15) is 0 Å². The molecule has 21 heavy (non-hydrogen) atoms. The number of hydrogen-bond donors (Lipinski definition) is 3. The standard InChI is InChI=1S/C18H24N2O/c21-18-11-2-1-5-13(18)6-3-9-17(18)20-16-8-4-7-15-14(16)10-12-19-15/h4,7-8,10,12-13,17,19-21H,1-3,5-6,9,11H2/t13-,17-,18-/m1/s1. The van der Waals surface area contributed by atoms with Crippen molar-refractivity contribution in [3.63, 3.8) is 0 Å². The predicted molar refractivity (Wildman–Crippen MR) is 86.5 cm³/mol. The summed E-state index contributed by atoms with van der Waals surface area (Å²) >= 11 is 0. The first-order valence-corrected chi connectivity index (χ1v) is 8.32. The lowest BCUT2D eigenvalue weighted by molar-refractivity contribution is -0.0834. The second-order valence-corrected chi connectivity index (χ2v) is 6.81. The smallest absolute Gasteiger partial charge is 0.0875 e. The lowest BCUT2D eigenvalue weighted by Crippen LogP contribution is -2.56. The topological polar surface area (TPSA) is 48.0 Å². The van der Waals surface area contributed by atoms with Crippen LogP contribution in [0.5, 0.6) is 0 Å². The van der Waals surface area contributed by atoms with Gasteiger partial charge in [-0.25, -0.2) is 0 Å². The highest BCUT2D eigenvalue weighted by molar-refractivity contribution is 5.92. The van der Waals surface area contributed by atoms with Gasteiger partial charge < -0.3 is 15.4 Å². The summed E-state index contributed by atoms with van der Waals surface area (Å²) in [5.41, 5.74) is 1.80. The van der Waals surface area contributed by atoms with Crippen molar-refractivity contribution in [1.29, 1.82) is 0 Å². The molecule has 2 aliphatic carbocycles. The number of nitrogens with one attached hydrogen (secondary N) is 2. The van der Waals surface area contributed by atoms with Crippen LogP contribution in [0.25, 0.3) is 10.9 Å². The number of aliphatic hydroxyl groups is 1. The highest BCUT2D eigenvalue weighted by atomic mass is 16.3. The summed E-state index contributed by atoms with van der Waals surface area (Å²) in [5, 5.41) is 16.2. The molecule has 1 aromatic heterocycles. The van der Waals surface area contributed by atoms with E-state index in [4.69, 9.17) is 0 Å². The van der Waals surface area contributed by atoms with E-state index in [0.717, 1.165) is 24.0 Å². The minimum atomic E-state index is -0.505. The van der Waals surface area contributed by atoms with Gasteiger partial charge in [0, 0.05) is 22.8 Å². The number of benzene rings is 1. The Balaban J connectivity index is 1.65. The van der Waals surface area contributed by atoms with Crippen molar-refractivity contribution in [1.82, 2.24) is 4.98 Å². The monoisotopic (exact) mass is 284 g/mol. The fourth-order valence-corrected chi connectivity index (χ4v) is 4.52. The quantitative estimate of drug-likeness (QED) is 0.779. The molecule has 0 amide bonds. The summed E-state index contributed by atoms with van der Waals surface area (Å²) in [7, 11) is 0. The van der Waals surface area contributed by atoms with E-state index >= 15 is 0 Å². The van der Waals surface area contributed by atoms with E-state index in [1.807, 2.05) is 6.20 Å². The molecule has 0 unspecified atom stereocenters. The Hall–Kier alpha value is -1.48. The summed E-state index contributed by atoms with van der Waals surface area (Å²) in [6, 6.07) is 8.61. The number of rotatable bonds is 2. The van der Waals surface area contributed by atoms with Crippen LogP contribution in [-0.2, 0) is 0 Å². The molecular formula is C18H24N2O. The van der Waals surface area contributed by atoms with Crippen molar-refractivity contribution in [2.45, 2.75) is 56.6 Å². The SMILES string of the molecule is O[C@]12CCCC[C@@H]1CCC[C@H]2Nc1cccc2[nH]ccc12. The molecule has 2 saturated carbocycles. The van der Waals surface area contributed by atoms with Crippen LogP contribution in [0, 0.1) is 5.92 Å². The van der Waals surface area contributed by atoms with E-state index in [-0.39, 0.29) is 6.04 Å². The number of aromatic amines is 1. The van der Waals surface area contributed by atoms with Crippen LogP contribution in [-0.4, -0.2) is 21.7 Å². The van der Waals surface area contributed by atoms with Gasteiger partial charge in [0.15, 0.2) is 0 Å². The van der Waals surface area contributed by atoms with Crippen LogP contribution in [0.15, 0.2) is 30.5 Å². The van der Waals surface area contributed by atoms with E-state index < -0.39 is 5.60 Å². The maximum absolute atomic E-state index is 11.3. The maximum Gasteiger partial charge on any atom is 0.0875 e. The zero-order valence-corrected chi connectivity index (χ0v) is 12.4. The van der Waals surface area contributed by atoms with Crippen LogP contribution >= 0.6 is 0 Å². The summed E-state index contributed by atoms with van der Waals surface area (Å²) in [6.45, 7) is 0. The highest BCUT2D eigenvalue weighted by Gasteiger charge is 2.47. The third kappa shape index (κ3) is 2.15. The Kier molecular flexibility index (Phi) is 3.18. The molecule has 4 rings (SSSR count). The molecule has 0 saturated heterocycles. The predicted octanol–water partition coefficient (Wildman–Crippen LogP) is 4.05. The fourth-order valence-electron chi connectivity index (χ4n) is 4.52. The van der Waals surface area contributed by atoms with Crippen molar-refractivity contribution in [3.05, 3.63) is 30.5 Å². The van der Waals surface area contributed by atoms with Gasteiger partial charge in [-0.3, -0.25) is 0 Å².